The first-order valence-corrected chi connectivity index (χ1v) is 13.7. The Balaban J connectivity index is 1.82. The molecule has 0 heterocycles. The van der Waals surface area contributed by atoms with Gasteiger partial charge in [-0.2, -0.15) is 12.6 Å². The van der Waals surface area contributed by atoms with E-state index in [1.54, 1.807) is 36.4 Å². The highest BCUT2D eigenvalue weighted by Gasteiger charge is 2.30. The number of hydrogen-bond donors (Lipinski definition) is 7. The van der Waals surface area contributed by atoms with Crippen molar-refractivity contribution in [2.45, 2.75) is 43.4 Å². The maximum absolute atomic E-state index is 13.6. The molecular weight excluding hydrogens is 544 g/mol. The monoisotopic (exact) mass is 578 g/mol. The van der Waals surface area contributed by atoms with Crippen LogP contribution in [0, 0.1) is 0 Å². The number of benzene rings is 3. The molecule has 0 saturated heterocycles. The molecule has 41 heavy (non-hydrogen) atoms. The van der Waals surface area contributed by atoms with Crippen molar-refractivity contribution in [3.8, 4) is 5.75 Å². The van der Waals surface area contributed by atoms with Crippen molar-refractivity contribution in [1.29, 1.82) is 0 Å². The molecule has 3 aromatic rings. The minimum Gasteiger partial charge on any atom is -0.508 e. The van der Waals surface area contributed by atoms with E-state index in [0.29, 0.717) is 5.56 Å². The average molecular weight is 579 g/mol. The fourth-order valence-corrected chi connectivity index (χ4v) is 4.35. The average Bonchev–Trinajstić information content (AvgIpc) is 2.97. The van der Waals surface area contributed by atoms with Gasteiger partial charge in [-0.3, -0.25) is 14.4 Å². The third-order valence-electron chi connectivity index (χ3n) is 6.36. The van der Waals surface area contributed by atoms with Crippen LogP contribution < -0.4 is 21.7 Å². The van der Waals surface area contributed by atoms with Gasteiger partial charge in [-0.15, -0.1) is 0 Å². The van der Waals surface area contributed by atoms with Gasteiger partial charge in [0, 0.05) is 18.6 Å². The Labute approximate surface area is 243 Å². The first-order chi connectivity index (χ1) is 19.7. The van der Waals surface area contributed by atoms with Gasteiger partial charge in [0.15, 0.2) is 0 Å². The summed E-state index contributed by atoms with van der Waals surface area (Å²) in [4.78, 5) is 51.3. The van der Waals surface area contributed by atoms with Crippen molar-refractivity contribution in [2.24, 2.45) is 5.73 Å². The highest BCUT2D eigenvalue weighted by Crippen LogP contribution is 2.13. The van der Waals surface area contributed by atoms with E-state index in [-0.39, 0.29) is 30.8 Å². The maximum atomic E-state index is 13.6. The molecule has 4 atom stereocenters. The number of nitrogens with two attached hydrogens (primary N) is 1. The molecule has 0 radical (unpaired) electrons. The van der Waals surface area contributed by atoms with Gasteiger partial charge in [-0.25, -0.2) is 4.79 Å². The standard InChI is InChI=1S/C30H34N4O6S/c31-23(15-19-7-3-1-4-8-19)27(36)32-24(16-20-9-5-2-6-10-20)28(37)33-25(17-21-11-13-22(35)14-12-21)29(38)34-26(18-41)30(39)40/h1-14,23-26,35,41H,15-18,31H2,(H,32,36)(H,33,37)(H,34,38)(H,39,40). The summed E-state index contributed by atoms with van der Waals surface area (Å²) in [5, 5.41) is 26.8. The van der Waals surface area contributed by atoms with Crippen LogP contribution in [0.3, 0.4) is 0 Å². The zero-order valence-electron chi connectivity index (χ0n) is 22.3. The summed E-state index contributed by atoms with van der Waals surface area (Å²) >= 11 is 3.99. The van der Waals surface area contributed by atoms with E-state index in [1.165, 1.54) is 12.1 Å². The second-order valence-electron chi connectivity index (χ2n) is 9.56. The Kier molecular flexibility index (Phi) is 11.7. The summed E-state index contributed by atoms with van der Waals surface area (Å²) in [6, 6.07) is 19.8. The molecule has 0 fully saturated rings. The van der Waals surface area contributed by atoms with Gasteiger partial charge in [0.05, 0.1) is 6.04 Å². The normalized spacial score (nSPS) is 13.7. The molecule has 0 aliphatic carbocycles. The van der Waals surface area contributed by atoms with Crippen LogP contribution in [-0.2, 0) is 38.4 Å². The lowest BCUT2D eigenvalue weighted by Gasteiger charge is -2.25. The summed E-state index contributed by atoms with van der Waals surface area (Å²) in [5.41, 5.74) is 8.40. The van der Waals surface area contributed by atoms with E-state index in [4.69, 9.17) is 5.73 Å². The summed E-state index contributed by atoms with van der Waals surface area (Å²) in [6.45, 7) is 0. The molecule has 0 bridgehead atoms. The number of phenols is 1. The van der Waals surface area contributed by atoms with E-state index < -0.39 is 47.9 Å². The molecule has 3 aromatic carbocycles. The van der Waals surface area contributed by atoms with Crippen molar-refractivity contribution in [3.63, 3.8) is 0 Å². The SMILES string of the molecule is NC(Cc1ccccc1)C(=O)NC(Cc1ccccc1)C(=O)NC(Cc1ccc(O)cc1)C(=O)NC(CS)C(=O)O. The quantitative estimate of drug-likeness (QED) is 0.141. The summed E-state index contributed by atoms with van der Waals surface area (Å²) < 4.78 is 0. The smallest absolute Gasteiger partial charge is 0.327 e. The lowest BCUT2D eigenvalue weighted by Crippen LogP contribution is -2.58. The van der Waals surface area contributed by atoms with Crippen LogP contribution >= 0.6 is 12.6 Å². The van der Waals surface area contributed by atoms with Crippen molar-refractivity contribution in [2.75, 3.05) is 5.75 Å². The lowest BCUT2D eigenvalue weighted by molar-refractivity contribution is -0.141. The number of aromatic hydroxyl groups is 1. The number of thiol groups is 1. The number of nitrogens with one attached hydrogen (secondary N) is 3. The van der Waals surface area contributed by atoms with Crippen molar-refractivity contribution < 1.29 is 29.4 Å². The van der Waals surface area contributed by atoms with E-state index in [2.05, 4.69) is 28.6 Å². The minimum absolute atomic E-state index is 0.00368. The third kappa shape index (κ3) is 9.96. The predicted octanol–water partition coefficient (Wildman–Crippen LogP) is 1.22. The molecule has 0 aliphatic rings. The fraction of sp³-hybridized carbons (Fsp3) is 0.267. The Morgan fingerprint density at radius 1 is 0.634 bits per heavy atom. The van der Waals surface area contributed by atoms with Gasteiger partial charge in [-0.05, 0) is 35.2 Å². The predicted molar refractivity (Wildman–Crippen MR) is 157 cm³/mol. The number of hydrogen-bond acceptors (Lipinski definition) is 7. The number of phenolic OH excluding ortho intramolecular Hbond substituents is 1. The molecule has 4 unspecified atom stereocenters. The summed E-state index contributed by atoms with van der Waals surface area (Å²) in [7, 11) is 0. The summed E-state index contributed by atoms with van der Waals surface area (Å²) in [6.07, 6.45) is 0.382. The van der Waals surface area contributed by atoms with Gasteiger partial charge >= 0.3 is 5.97 Å². The van der Waals surface area contributed by atoms with Gasteiger partial charge in [0.25, 0.3) is 0 Å². The molecule has 3 rings (SSSR count). The number of aliphatic carboxylic acids is 1. The third-order valence-corrected chi connectivity index (χ3v) is 6.72. The molecule has 7 N–H and O–H groups in total. The van der Waals surface area contributed by atoms with Crippen molar-refractivity contribution >= 4 is 36.3 Å². The van der Waals surface area contributed by atoms with Crippen molar-refractivity contribution in [3.05, 3.63) is 102 Å². The van der Waals surface area contributed by atoms with Crippen LogP contribution in [0.5, 0.6) is 5.75 Å². The van der Waals surface area contributed by atoms with E-state index >= 15 is 0 Å². The largest absolute Gasteiger partial charge is 0.508 e. The fourth-order valence-electron chi connectivity index (χ4n) is 4.11. The van der Waals surface area contributed by atoms with Crippen molar-refractivity contribution in [1.82, 2.24) is 16.0 Å². The first-order valence-electron chi connectivity index (χ1n) is 13.0. The lowest BCUT2D eigenvalue weighted by atomic mass is 10.0. The molecule has 0 aromatic heterocycles. The Morgan fingerprint density at radius 3 is 1.51 bits per heavy atom. The second-order valence-corrected chi connectivity index (χ2v) is 9.93. The van der Waals surface area contributed by atoms with E-state index in [0.717, 1.165) is 11.1 Å². The molecule has 216 valence electrons. The molecule has 0 spiro atoms. The number of rotatable bonds is 14. The van der Waals surface area contributed by atoms with Crippen LogP contribution in [-0.4, -0.2) is 63.8 Å². The Hall–Kier alpha value is -4.35. The second kappa shape index (κ2) is 15.4. The van der Waals surface area contributed by atoms with E-state index in [1.807, 2.05) is 36.4 Å². The molecule has 0 aliphatic heterocycles. The number of carbonyl (C=O) groups is 4. The van der Waals surface area contributed by atoms with Crippen LogP contribution in [0.4, 0.5) is 0 Å². The van der Waals surface area contributed by atoms with Crippen LogP contribution in [0.1, 0.15) is 16.7 Å². The van der Waals surface area contributed by atoms with Crippen LogP contribution in [0.25, 0.3) is 0 Å². The summed E-state index contributed by atoms with van der Waals surface area (Å²) in [5.74, 6) is -3.33. The number of carboxylic acids is 1. The molecule has 10 nitrogen and oxygen atoms in total. The Bertz CT molecular complexity index is 1310. The maximum Gasteiger partial charge on any atom is 0.327 e. The molecule has 3 amide bonds. The Morgan fingerprint density at radius 2 is 1.05 bits per heavy atom. The van der Waals surface area contributed by atoms with Gasteiger partial charge in [-0.1, -0.05) is 72.8 Å². The minimum atomic E-state index is -1.28. The molecule has 11 heteroatoms. The number of carbonyl (C=O) groups excluding carboxylic acids is 3. The number of carboxylic acid groups (broad SMARTS) is 1. The zero-order valence-corrected chi connectivity index (χ0v) is 23.2. The highest BCUT2D eigenvalue weighted by molar-refractivity contribution is 7.80. The van der Waals surface area contributed by atoms with Crippen LogP contribution in [0.15, 0.2) is 84.9 Å². The number of amides is 3. The van der Waals surface area contributed by atoms with Crippen LogP contribution in [0.2, 0.25) is 0 Å². The van der Waals surface area contributed by atoms with E-state index in [9.17, 15) is 29.4 Å². The topological polar surface area (TPSA) is 171 Å². The molecule has 0 saturated carbocycles. The molecular formula is C30H34N4O6S. The van der Waals surface area contributed by atoms with Gasteiger partial charge in [0.1, 0.15) is 23.9 Å². The van der Waals surface area contributed by atoms with Gasteiger partial charge < -0.3 is 31.9 Å². The van der Waals surface area contributed by atoms with Gasteiger partial charge in [0.2, 0.25) is 17.7 Å². The highest BCUT2D eigenvalue weighted by atomic mass is 32.1. The first kappa shape index (κ1) is 31.2. The zero-order chi connectivity index (χ0) is 29.8.